The van der Waals surface area contributed by atoms with E-state index in [0.717, 1.165) is 19.8 Å². The van der Waals surface area contributed by atoms with Crippen LogP contribution in [0.15, 0.2) is 12.5 Å². The lowest BCUT2D eigenvalue weighted by atomic mass is 9.97. The minimum absolute atomic E-state index is 0.461. The first kappa shape index (κ1) is 12.6. The molecule has 0 spiro atoms. The molecule has 1 aromatic rings. The third kappa shape index (κ3) is 3.30. The van der Waals surface area contributed by atoms with Gasteiger partial charge in [-0.1, -0.05) is 0 Å². The summed E-state index contributed by atoms with van der Waals surface area (Å²) in [6.07, 6.45) is 7.70. The van der Waals surface area contributed by atoms with Gasteiger partial charge in [0.25, 0.3) is 0 Å². The summed E-state index contributed by atoms with van der Waals surface area (Å²) in [6, 6.07) is 1.08. The average molecular weight is 237 g/mol. The summed E-state index contributed by atoms with van der Waals surface area (Å²) in [6.45, 7) is 6.73. The van der Waals surface area contributed by atoms with Crippen molar-refractivity contribution in [2.75, 3.05) is 13.2 Å². The Kier molecular flexibility index (Phi) is 4.57. The molecular formula is C13H23N3O. The van der Waals surface area contributed by atoms with E-state index in [4.69, 9.17) is 4.74 Å². The SMILES string of the molecule is CCOCCn1cncc1C1CCCC(C)N1. The molecule has 4 heteroatoms. The van der Waals surface area contributed by atoms with Crippen LogP contribution in [0, 0.1) is 0 Å². The number of nitrogens with zero attached hydrogens (tertiary/aromatic N) is 2. The highest BCUT2D eigenvalue weighted by Gasteiger charge is 2.21. The van der Waals surface area contributed by atoms with E-state index in [1.165, 1.54) is 25.0 Å². The number of imidazole rings is 1. The van der Waals surface area contributed by atoms with Gasteiger partial charge in [-0.15, -0.1) is 0 Å². The van der Waals surface area contributed by atoms with Gasteiger partial charge in [-0.3, -0.25) is 0 Å². The summed E-state index contributed by atoms with van der Waals surface area (Å²) < 4.78 is 7.61. The van der Waals surface area contributed by atoms with E-state index in [0.29, 0.717) is 12.1 Å². The number of aromatic nitrogens is 2. The molecule has 1 fully saturated rings. The lowest BCUT2D eigenvalue weighted by Gasteiger charge is -2.29. The van der Waals surface area contributed by atoms with Crippen molar-refractivity contribution in [3.63, 3.8) is 0 Å². The quantitative estimate of drug-likeness (QED) is 0.797. The molecule has 0 aromatic carbocycles. The smallest absolute Gasteiger partial charge is 0.0949 e. The first-order valence-corrected chi connectivity index (χ1v) is 6.65. The number of ether oxygens (including phenoxy) is 1. The second kappa shape index (κ2) is 6.17. The molecule has 2 atom stereocenters. The molecule has 1 aromatic heterocycles. The van der Waals surface area contributed by atoms with E-state index in [1.807, 2.05) is 19.4 Å². The Balaban J connectivity index is 1.97. The Morgan fingerprint density at radius 1 is 1.53 bits per heavy atom. The Morgan fingerprint density at radius 3 is 3.18 bits per heavy atom. The fourth-order valence-corrected chi connectivity index (χ4v) is 2.49. The van der Waals surface area contributed by atoms with Crippen LogP contribution in [0.5, 0.6) is 0 Å². The van der Waals surface area contributed by atoms with Gasteiger partial charge in [0.2, 0.25) is 0 Å². The van der Waals surface area contributed by atoms with Crippen LogP contribution in [0.25, 0.3) is 0 Å². The van der Waals surface area contributed by atoms with Crippen molar-refractivity contribution in [2.24, 2.45) is 0 Å². The molecule has 1 aliphatic heterocycles. The molecule has 96 valence electrons. The molecule has 0 aliphatic carbocycles. The van der Waals surface area contributed by atoms with Gasteiger partial charge >= 0.3 is 0 Å². The van der Waals surface area contributed by atoms with Crippen LogP contribution in [-0.2, 0) is 11.3 Å². The molecule has 2 rings (SSSR count). The Morgan fingerprint density at radius 2 is 2.41 bits per heavy atom. The van der Waals surface area contributed by atoms with Crippen LogP contribution < -0.4 is 5.32 Å². The van der Waals surface area contributed by atoms with Crippen molar-refractivity contribution >= 4 is 0 Å². The first-order valence-electron chi connectivity index (χ1n) is 6.65. The van der Waals surface area contributed by atoms with E-state index in [2.05, 4.69) is 21.8 Å². The van der Waals surface area contributed by atoms with Crippen LogP contribution >= 0.6 is 0 Å². The highest BCUT2D eigenvalue weighted by molar-refractivity contribution is 5.07. The third-order valence-electron chi connectivity index (χ3n) is 3.40. The van der Waals surface area contributed by atoms with E-state index in [-0.39, 0.29) is 0 Å². The molecule has 1 saturated heterocycles. The van der Waals surface area contributed by atoms with E-state index >= 15 is 0 Å². The van der Waals surface area contributed by atoms with Gasteiger partial charge in [0.1, 0.15) is 0 Å². The lowest BCUT2D eigenvalue weighted by molar-refractivity contribution is 0.137. The van der Waals surface area contributed by atoms with Gasteiger partial charge in [-0.25, -0.2) is 4.98 Å². The fraction of sp³-hybridized carbons (Fsp3) is 0.769. The Labute approximate surface area is 103 Å². The fourth-order valence-electron chi connectivity index (χ4n) is 2.49. The minimum atomic E-state index is 0.461. The van der Waals surface area contributed by atoms with Gasteiger partial charge in [-0.05, 0) is 33.1 Å². The van der Waals surface area contributed by atoms with E-state index in [9.17, 15) is 0 Å². The summed E-state index contributed by atoms with van der Waals surface area (Å²) in [5.41, 5.74) is 1.30. The largest absolute Gasteiger partial charge is 0.380 e. The molecule has 0 radical (unpaired) electrons. The zero-order chi connectivity index (χ0) is 12.1. The van der Waals surface area contributed by atoms with Gasteiger partial charge in [0.05, 0.1) is 18.6 Å². The zero-order valence-corrected chi connectivity index (χ0v) is 10.9. The molecular weight excluding hydrogens is 214 g/mol. The summed E-state index contributed by atoms with van der Waals surface area (Å²) in [5.74, 6) is 0. The molecule has 1 N–H and O–H groups in total. The lowest BCUT2D eigenvalue weighted by Crippen LogP contribution is -2.35. The number of rotatable bonds is 5. The standard InChI is InChI=1S/C13H23N3O/c1-3-17-8-7-16-10-14-9-13(16)12-6-4-5-11(2)15-12/h9-12,15H,3-8H2,1-2H3. The zero-order valence-electron chi connectivity index (χ0n) is 10.9. The van der Waals surface area contributed by atoms with Gasteiger partial charge < -0.3 is 14.6 Å². The molecule has 17 heavy (non-hydrogen) atoms. The second-order valence-corrected chi connectivity index (χ2v) is 4.76. The maximum atomic E-state index is 5.40. The third-order valence-corrected chi connectivity index (χ3v) is 3.40. The van der Waals surface area contributed by atoms with E-state index in [1.54, 1.807) is 0 Å². The Bertz CT molecular complexity index is 337. The van der Waals surface area contributed by atoms with Crippen LogP contribution in [0.4, 0.5) is 0 Å². The van der Waals surface area contributed by atoms with Crippen molar-refractivity contribution < 1.29 is 4.74 Å². The Hall–Kier alpha value is -0.870. The normalized spacial score (nSPS) is 25.1. The number of piperidine rings is 1. The van der Waals surface area contributed by atoms with Gasteiger partial charge in [0.15, 0.2) is 0 Å². The van der Waals surface area contributed by atoms with Crippen LogP contribution in [0.1, 0.15) is 44.8 Å². The maximum Gasteiger partial charge on any atom is 0.0949 e. The van der Waals surface area contributed by atoms with Gasteiger partial charge in [0, 0.05) is 31.4 Å². The van der Waals surface area contributed by atoms with E-state index < -0.39 is 0 Å². The maximum absolute atomic E-state index is 5.40. The molecule has 4 nitrogen and oxygen atoms in total. The summed E-state index contributed by atoms with van der Waals surface area (Å²) in [5, 5.41) is 3.65. The van der Waals surface area contributed by atoms with Crippen molar-refractivity contribution in [1.82, 2.24) is 14.9 Å². The summed E-state index contributed by atoms with van der Waals surface area (Å²) in [7, 11) is 0. The molecule has 0 saturated carbocycles. The summed E-state index contributed by atoms with van der Waals surface area (Å²) in [4.78, 5) is 4.27. The monoisotopic (exact) mass is 237 g/mol. The van der Waals surface area contributed by atoms with Crippen LogP contribution in [0.3, 0.4) is 0 Å². The summed E-state index contributed by atoms with van der Waals surface area (Å²) >= 11 is 0. The predicted molar refractivity (Wildman–Crippen MR) is 67.9 cm³/mol. The first-order chi connectivity index (χ1) is 8.31. The van der Waals surface area contributed by atoms with Crippen molar-refractivity contribution in [2.45, 2.75) is 51.7 Å². The predicted octanol–water partition coefficient (Wildman–Crippen LogP) is 2.12. The minimum Gasteiger partial charge on any atom is -0.380 e. The van der Waals surface area contributed by atoms with Crippen molar-refractivity contribution in [3.8, 4) is 0 Å². The van der Waals surface area contributed by atoms with Crippen molar-refractivity contribution in [3.05, 3.63) is 18.2 Å². The molecule has 0 bridgehead atoms. The second-order valence-electron chi connectivity index (χ2n) is 4.76. The molecule has 2 unspecified atom stereocenters. The number of nitrogens with one attached hydrogen (secondary N) is 1. The highest BCUT2D eigenvalue weighted by atomic mass is 16.5. The average Bonchev–Trinajstić information content (AvgIpc) is 2.78. The number of hydrogen-bond donors (Lipinski definition) is 1. The molecule has 2 heterocycles. The topological polar surface area (TPSA) is 39.1 Å². The van der Waals surface area contributed by atoms with Crippen LogP contribution in [0.2, 0.25) is 0 Å². The molecule has 1 aliphatic rings. The van der Waals surface area contributed by atoms with Crippen LogP contribution in [-0.4, -0.2) is 28.8 Å². The van der Waals surface area contributed by atoms with Crippen molar-refractivity contribution in [1.29, 1.82) is 0 Å². The number of hydrogen-bond acceptors (Lipinski definition) is 3. The molecule has 0 amide bonds. The van der Waals surface area contributed by atoms with Gasteiger partial charge in [-0.2, -0.15) is 0 Å². The highest BCUT2D eigenvalue weighted by Crippen LogP contribution is 2.25.